The summed E-state index contributed by atoms with van der Waals surface area (Å²) in [4.78, 5) is 12.1. The van der Waals surface area contributed by atoms with Crippen LogP contribution in [0.2, 0.25) is 0 Å². The normalized spacial score (nSPS) is 10.9. The number of hydrogen-bond donors (Lipinski definition) is 1. The second-order valence-electron chi connectivity index (χ2n) is 5.31. The number of fused-ring (bicyclic) bond motifs is 1. The van der Waals surface area contributed by atoms with Crippen LogP contribution in [-0.2, 0) is 11.2 Å². The Kier molecular flexibility index (Phi) is 4.39. The van der Waals surface area contributed by atoms with Gasteiger partial charge in [0, 0.05) is 0 Å². The van der Waals surface area contributed by atoms with E-state index < -0.39 is 40.7 Å². The summed E-state index contributed by atoms with van der Waals surface area (Å²) in [5.74, 6) is -11.6. The van der Waals surface area contributed by atoms with E-state index in [0.29, 0.717) is 5.56 Å². The van der Waals surface area contributed by atoms with Crippen molar-refractivity contribution in [1.82, 2.24) is 0 Å². The SMILES string of the molecule is O=C(Cc1cccc2ccccc12)Nc1c(F)c(F)c(F)c(F)c1F. The molecule has 1 amide bonds. The van der Waals surface area contributed by atoms with E-state index >= 15 is 0 Å². The lowest BCUT2D eigenvalue weighted by Gasteiger charge is -2.11. The van der Waals surface area contributed by atoms with E-state index in [1.165, 1.54) is 0 Å². The Balaban J connectivity index is 1.91. The third-order valence-corrected chi connectivity index (χ3v) is 3.71. The van der Waals surface area contributed by atoms with Gasteiger partial charge in [-0.2, -0.15) is 0 Å². The number of carbonyl (C=O) groups is 1. The molecule has 0 spiro atoms. The maximum atomic E-state index is 13.6. The molecule has 0 atom stereocenters. The van der Waals surface area contributed by atoms with Gasteiger partial charge in [0.1, 0.15) is 5.69 Å². The number of halogens is 5. The molecule has 3 aromatic rings. The highest BCUT2D eigenvalue weighted by atomic mass is 19.2. The van der Waals surface area contributed by atoms with E-state index in [0.717, 1.165) is 10.8 Å². The highest BCUT2D eigenvalue weighted by Gasteiger charge is 2.26. The third kappa shape index (κ3) is 3.05. The Bertz CT molecular complexity index is 952. The van der Waals surface area contributed by atoms with Crippen LogP contribution in [0.25, 0.3) is 10.8 Å². The quantitative estimate of drug-likeness (QED) is 0.413. The van der Waals surface area contributed by atoms with Crippen LogP contribution >= 0.6 is 0 Å². The minimum absolute atomic E-state index is 0.291. The lowest BCUT2D eigenvalue weighted by molar-refractivity contribution is -0.115. The van der Waals surface area contributed by atoms with E-state index in [-0.39, 0.29) is 6.42 Å². The van der Waals surface area contributed by atoms with Gasteiger partial charge in [-0.05, 0) is 16.3 Å². The standard InChI is InChI=1S/C18H10F5NO/c19-13-14(20)16(22)18(17(23)15(13)21)24-12(25)8-10-6-3-5-9-4-1-2-7-11(9)10/h1-7H,8H2,(H,24,25). The molecule has 25 heavy (non-hydrogen) atoms. The van der Waals surface area contributed by atoms with Crippen LogP contribution in [0.4, 0.5) is 27.6 Å². The lowest BCUT2D eigenvalue weighted by atomic mass is 10.0. The van der Waals surface area contributed by atoms with Crippen LogP contribution in [0, 0.1) is 29.1 Å². The Morgan fingerprint density at radius 2 is 1.32 bits per heavy atom. The first-order chi connectivity index (χ1) is 11.9. The van der Waals surface area contributed by atoms with Gasteiger partial charge in [0.15, 0.2) is 23.3 Å². The minimum atomic E-state index is -2.28. The van der Waals surface area contributed by atoms with Crippen molar-refractivity contribution in [3.05, 3.63) is 77.1 Å². The molecule has 3 rings (SSSR count). The molecule has 0 aliphatic rings. The zero-order chi connectivity index (χ0) is 18.1. The summed E-state index contributed by atoms with van der Waals surface area (Å²) in [6.07, 6.45) is -0.291. The van der Waals surface area contributed by atoms with Gasteiger partial charge >= 0.3 is 0 Å². The van der Waals surface area contributed by atoms with Crippen LogP contribution < -0.4 is 5.32 Å². The van der Waals surface area contributed by atoms with Crippen molar-refractivity contribution in [2.24, 2.45) is 0 Å². The van der Waals surface area contributed by atoms with Crippen molar-refractivity contribution in [2.45, 2.75) is 6.42 Å². The number of nitrogens with one attached hydrogen (secondary N) is 1. The molecule has 0 fully saturated rings. The van der Waals surface area contributed by atoms with Gasteiger partial charge in [0.25, 0.3) is 0 Å². The monoisotopic (exact) mass is 351 g/mol. The Labute approximate surface area is 138 Å². The maximum absolute atomic E-state index is 13.6. The third-order valence-electron chi connectivity index (χ3n) is 3.71. The van der Waals surface area contributed by atoms with Gasteiger partial charge in [-0.25, -0.2) is 22.0 Å². The molecule has 2 nitrogen and oxygen atoms in total. The second-order valence-corrected chi connectivity index (χ2v) is 5.31. The summed E-state index contributed by atoms with van der Waals surface area (Å²) in [6.45, 7) is 0. The summed E-state index contributed by atoms with van der Waals surface area (Å²) in [6, 6.07) is 12.3. The number of rotatable bonds is 3. The van der Waals surface area contributed by atoms with Crippen LogP contribution in [-0.4, -0.2) is 5.91 Å². The first kappa shape index (κ1) is 16.9. The molecular weight excluding hydrogens is 341 g/mol. The summed E-state index contributed by atoms with van der Waals surface area (Å²) in [5, 5.41) is 3.36. The second kappa shape index (κ2) is 6.51. The van der Waals surface area contributed by atoms with Crippen molar-refractivity contribution in [1.29, 1.82) is 0 Å². The highest BCUT2D eigenvalue weighted by Crippen LogP contribution is 2.27. The zero-order valence-electron chi connectivity index (χ0n) is 12.5. The molecule has 0 bridgehead atoms. The van der Waals surface area contributed by atoms with Crippen LogP contribution in [0.1, 0.15) is 5.56 Å². The molecule has 0 aliphatic heterocycles. The number of carbonyl (C=O) groups excluding carboxylic acids is 1. The number of hydrogen-bond acceptors (Lipinski definition) is 1. The topological polar surface area (TPSA) is 29.1 Å². The zero-order valence-corrected chi connectivity index (χ0v) is 12.5. The maximum Gasteiger partial charge on any atom is 0.228 e. The predicted octanol–water partition coefficient (Wildman–Crippen LogP) is 4.72. The number of anilines is 1. The summed E-state index contributed by atoms with van der Waals surface area (Å²) >= 11 is 0. The molecule has 3 aromatic carbocycles. The van der Waals surface area contributed by atoms with Crippen LogP contribution in [0.5, 0.6) is 0 Å². The van der Waals surface area contributed by atoms with Crippen molar-refractivity contribution < 1.29 is 26.7 Å². The van der Waals surface area contributed by atoms with Crippen LogP contribution in [0.3, 0.4) is 0 Å². The van der Waals surface area contributed by atoms with Crippen molar-refractivity contribution in [2.75, 3.05) is 5.32 Å². The van der Waals surface area contributed by atoms with Crippen molar-refractivity contribution in [3.8, 4) is 0 Å². The van der Waals surface area contributed by atoms with Gasteiger partial charge in [-0.15, -0.1) is 0 Å². The van der Waals surface area contributed by atoms with E-state index in [1.807, 2.05) is 12.1 Å². The fraction of sp³-hybridized carbons (Fsp3) is 0.0556. The highest BCUT2D eigenvalue weighted by molar-refractivity contribution is 5.96. The smallest absolute Gasteiger partial charge is 0.228 e. The summed E-state index contributed by atoms with van der Waals surface area (Å²) in [5.41, 5.74) is -0.805. The van der Waals surface area contributed by atoms with E-state index in [9.17, 15) is 26.7 Å². The lowest BCUT2D eigenvalue weighted by Crippen LogP contribution is -2.18. The fourth-order valence-corrected chi connectivity index (χ4v) is 2.52. The predicted molar refractivity (Wildman–Crippen MR) is 82.5 cm³/mol. The molecule has 0 aliphatic carbocycles. The average Bonchev–Trinajstić information content (AvgIpc) is 2.62. The Morgan fingerprint density at radius 3 is 2.00 bits per heavy atom. The summed E-state index contributed by atoms with van der Waals surface area (Å²) in [7, 11) is 0. The van der Waals surface area contributed by atoms with Gasteiger partial charge in [0.05, 0.1) is 6.42 Å². The molecule has 0 saturated carbocycles. The molecule has 0 radical (unpaired) electrons. The van der Waals surface area contributed by atoms with E-state index in [2.05, 4.69) is 0 Å². The molecule has 128 valence electrons. The molecule has 0 saturated heterocycles. The summed E-state index contributed by atoms with van der Waals surface area (Å²) < 4.78 is 66.6. The molecular formula is C18H10F5NO. The number of benzene rings is 3. The largest absolute Gasteiger partial charge is 0.321 e. The Hall–Kier alpha value is -2.96. The molecule has 1 N–H and O–H groups in total. The van der Waals surface area contributed by atoms with Crippen molar-refractivity contribution >= 4 is 22.4 Å². The van der Waals surface area contributed by atoms with Crippen LogP contribution in [0.15, 0.2) is 42.5 Å². The van der Waals surface area contributed by atoms with Gasteiger partial charge < -0.3 is 5.32 Å². The molecule has 0 unspecified atom stereocenters. The van der Waals surface area contributed by atoms with Gasteiger partial charge in [0.2, 0.25) is 11.7 Å². The molecule has 0 aromatic heterocycles. The fourth-order valence-electron chi connectivity index (χ4n) is 2.52. The Morgan fingerprint density at radius 1 is 0.760 bits per heavy atom. The first-order valence-electron chi connectivity index (χ1n) is 7.18. The minimum Gasteiger partial charge on any atom is -0.321 e. The number of amides is 1. The van der Waals surface area contributed by atoms with Crippen molar-refractivity contribution in [3.63, 3.8) is 0 Å². The van der Waals surface area contributed by atoms with E-state index in [1.54, 1.807) is 35.6 Å². The van der Waals surface area contributed by atoms with E-state index in [4.69, 9.17) is 0 Å². The van der Waals surface area contributed by atoms with Gasteiger partial charge in [-0.3, -0.25) is 4.79 Å². The molecule has 7 heteroatoms. The first-order valence-corrected chi connectivity index (χ1v) is 7.18. The molecule has 0 heterocycles. The van der Waals surface area contributed by atoms with Gasteiger partial charge in [-0.1, -0.05) is 42.5 Å². The average molecular weight is 351 g/mol.